The zero-order valence-corrected chi connectivity index (χ0v) is 14.9. The Hall–Kier alpha value is -2.53. The zero-order chi connectivity index (χ0) is 17.7. The summed E-state index contributed by atoms with van der Waals surface area (Å²) < 4.78 is 7.87. The van der Waals surface area contributed by atoms with Gasteiger partial charge in [-0.1, -0.05) is 18.2 Å². The van der Waals surface area contributed by atoms with E-state index in [1.54, 1.807) is 6.07 Å². The number of amides is 1. The van der Waals surface area contributed by atoms with Gasteiger partial charge in [0.05, 0.1) is 5.52 Å². The van der Waals surface area contributed by atoms with Crippen molar-refractivity contribution >= 4 is 16.8 Å². The first-order chi connectivity index (χ1) is 12.7. The number of carbonyl (C=O) groups is 1. The Labute approximate surface area is 152 Å². The fraction of sp³-hybridized carbons (Fsp3) is 0.381. The van der Waals surface area contributed by atoms with Gasteiger partial charge in [-0.2, -0.15) is 0 Å². The molecule has 3 aromatic rings. The minimum atomic E-state index is -0.113. The average molecular weight is 349 g/mol. The fourth-order valence-electron chi connectivity index (χ4n) is 4.62. The molecule has 5 nitrogen and oxygen atoms in total. The number of piperidine rings is 3. The van der Waals surface area contributed by atoms with Crippen molar-refractivity contribution in [2.75, 3.05) is 13.1 Å². The van der Waals surface area contributed by atoms with Gasteiger partial charge in [-0.15, -0.1) is 0 Å². The number of hydrogen-bond donors (Lipinski definition) is 1. The van der Waals surface area contributed by atoms with Gasteiger partial charge in [0.2, 0.25) is 5.88 Å². The molecule has 2 atom stereocenters. The molecule has 3 aliphatic heterocycles. The highest BCUT2D eigenvalue weighted by Gasteiger charge is 2.40. The average Bonchev–Trinajstić information content (AvgIpc) is 3.31. The molecule has 1 aromatic carbocycles. The molecule has 0 aliphatic carbocycles. The molecule has 0 spiro atoms. The van der Waals surface area contributed by atoms with Gasteiger partial charge in [-0.05, 0) is 57.0 Å². The SMILES string of the molecule is C[C@H]1[C@H](NC(=O)c2ccc(-n3ccc4ccccc43)o2)C2CCN1CC2. The van der Waals surface area contributed by atoms with E-state index in [1.165, 1.54) is 12.8 Å². The van der Waals surface area contributed by atoms with Crippen molar-refractivity contribution in [2.45, 2.75) is 31.8 Å². The highest BCUT2D eigenvalue weighted by atomic mass is 16.4. The Morgan fingerprint density at radius 1 is 1.12 bits per heavy atom. The van der Waals surface area contributed by atoms with Crippen LogP contribution in [0.4, 0.5) is 0 Å². The van der Waals surface area contributed by atoms with E-state index in [0.29, 0.717) is 23.6 Å². The first kappa shape index (κ1) is 15.7. The molecule has 3 saturated heterocycles. The maximum absolute atomic E-state index is 12.7. The van der Waals surface area contributed by atoms with Gasteiger partial charge >= 0.3 is 0 Å². The number of hydrogen-bond acceptors (Lipinski definition) is 3. The van der Waals surface area contributed by atoms with Gasteiger partial charge in [0.15, 0.2) is 5.76 Å². The van der Waals surface area contributed by atoms with E-state index in [9.17, 15) is 4.79 Å². The highest BCUT2D eigenvalue weighted by Crippen LogP contribution is 2.32. The van der Waals surface area contributed by atoms with Crippen molar-refractivity contribution in [3.63, 3.8) is 0 Å². The highest BCUT2D eigenvalue weighted by molar-refractivity contribution is 5.92. The summed E-state index contributed by atoms with van der Waals surface area (Å²) in [6.07, 6.45) is 4.32. The monoisotopic (exact) mass is 349 g/mol. The van der Waals surface area contributed by atoms with Gasteiger partial charge in [-0.25, -0.2) is 0 Å². The number of carbonyl (C=O) groups excluding carboxylic acids is 1. The third-order valence-electron chi connectivity index (χ3n) is 6.13. The molecule has 26 heavy (non-hydrogen) atoms. The topological polar surface area (TPSA) is 50.4 Å². The second-order valence-electron chi connectivity index (χ2n) is 7.50. The second kappa shape index (κ2) is 6.02. The van der Waals surface area contributed by atoms with Crippen molar-refractivity contribution in [3.8, 4) is 5.88 Å². The number of aromatic nitrogens is 1. The maximum Gasteiger partial charge on any atom is 0.287 e. The summed E-state index contributed by atoms with van der Waals surface area (Å²) in [7, 11) is 0. The zero-order valence-electron chi connectivity index (χ0n) is 14.9. The summed E-state index contributed by atoms with van der Waals surface area (Å²) >= 11 is 0. The summed E-state index contributed by atoms with van der Waals surface area (Å²) in [4.78, 5) is 15.2. The predicted molar refractivity (Wildman–Crippen MR) is 101 cm³/mol. The maximum atomic E-state index is 12.7. The summed E-state index contributed by atoms with van der Waals surface area (Å²) in [5, 5.41) is 4.38. The third-order valence-corrected chi connectivity index (χ3v) is 6.13. The lowest BCUT2D eigenvalue weighted by atomic mass is 9.79. The summed E-state index contributed by atoms with van der Waals surface area (Å²) in [5.74, 6) is 1.51. The molecule has 1 amide bonds. The first-order valence-corrected chi connectivity index (χ1v) is 9.42. The largest absolute Gasteiger partial charge is 0.435 e. The fourth-order valence-corrected chi connectivity index (χ4v) is 4.62. The minimum absolute atomic E-state index is 0.113. The van der Waals surface area contributed by atoms with Crippen LogP contribution in [-0.2, 0) is 0 Å². The van der Waals surface area contributed by atoms with E-state index < -0.39 is 0 Å². The second-order valence-corrected chi connectivity index (χ2v) is 7.50. The van der Waals surface area contributed by atoms with Crippen LogP contribution in [0.3, 0.4) is 0 Å². The van der Waals surface area contributed by atoms with Crippen LogP contribution < -0.4 is 5.32 Å². The molecule has 0 radical (unpaired) electrons. The minimum Gasteiger partial charge on any atom is -0.435 e. The van der Waals surface area contributed by atoms with Gasteiger partial charge in [0.25, 0.3) is 5.91 Å². The Balaban J connectivity index is 1.37. The van der Waals surface area contributed by atoms with Crippen molar-refractivity contribution < 1.29 is 9.21 Å². The van der Waals surface area contributed by atoms with Gasteiger partial charge in [0, 0.05) is 29.7 Å². The predicted octanol–water partition coefficient (Wildman–Crippen LogP) is 3.44. The summed E-state index contributed by atoms with van der Waals surface area (Å²) in [5.41, 5.74) is 1.07. The lowest BCUT2D eigenvalue weighted by Gasteiger charge is -2.49. The molecule has 3 fully saturated rings. The molecule has 5 heteroatoms. The van der Waals surface area contributed by atoms with E-state index in [2.05, 4.69) is 23.2 Å². The van der Waals surface area contributed by atoms with Crippen molar-refractivity contribution in [1.29, 1.82) is 0 Å². The van der Waals surface area contributed by atoms with E-state index in [0.717, 1.165) is 24.0 Å². The lowest BCUT2D eigenvalue weighted by Crippen LogP contribution is -2.62. The van der Waals surface area contributed by atoms with Crippen molar-refractivity contribution in [2.24, 2.45) is 5.92 Å². The van der Waals surface area contributed by atoms with Crippen molar-refractivity contribution in [1.82, 2.24) is 14.8 Å². The molecule has 0 saturated carbocycles. The van der Waals surface area contributed by atoms with Crippen molar-refractivity contribution in [3.05, 3.63) is 54.4 Å². The van der Waals surface area contributed by atoms with E-state index >= 15 is 0 Å². The quantitative estimate of drug-likeness (QED) is 0.788. The van der Waals surface area contributed by atoms with Crippen LogP contribution in [0, 0.1) is 5.92 Å². The molecular formula is C21H23N3O2. The van der Waals surface area contributed by atoms with E-state index in [-0.39, 0.29) is 11.9 Å². The molecule has 134 valence electrons. The Morgan fingerprint density at radius 3 is 2.73 bits per heavy atom. The van der Waals surface area contributed by atoms with Crippen LogP contribution in [-0.4, -0.2) is 40.5 Å². The number of fused-ring (bicyclic) bond motifs is 4. The summed E-state index contributed by atoms with van der Waals surface area (Å²) in [6.45, 7) is 4.53. The van der Waals surface area contributed by atoms with Gasteiger partial charge in [0.1, 0.15) is 0 Å². The molecule has 0 unspecified atom stereocenters. The Morgan fingerprint density at radius 2 is 1.92 bits per heavy atom. The smallest absolute Gasteiger partial charge is 0.287 e. The van der Waals surface area contributed by atoms with Crippen LogP contribution in [0.15, 0.2) is 53.1 Å². The molecule has 6 rings (SSSR count). The van der Waals surface area contributed by atoms with Crippen LogP contribution >= 0.6 is 0 Å². The van der Waals surface area contributed by atoms with Gasteiger partial charge < -0.3 is 9.73 Å². The lowest BCUT2D eigenvalue weighted by molar-refractivity contribution is 0.0211. The molecule has 2 aromatic heterocycles. The molecule has 3 aliphatic rings. The molecule has 2 bridgehead atoms. The van der Waals surface area contributed by atoms with Crippen LogP contribution in [0.5, 0.6) is 0 Å². The Kier molecular flexibility index (Phi) is 3.64. The number of para-hydroxylation sites is 1. The first-order valence-electron chi connectivity index (χ1n) is 9.42. The number of rotatable bonds is 3. The normalized spacial score (nSPS) is 27.7. The number of furan rings is 1. The van der Waals surface area contributed by atoms with E-state index in [4.69, 9.17) is 4.42 Å². The standard InChI is InChI=1S/C21H23N3O2/c1-14-20(16-8-11-23(14)12-9-16)22-21(25)18-6-7-19(26-18)24-13-10-15-4-2-3-5-17(15)24/h2-7,10,13-14,16,20H,8-9,11-12H2,1H3,(H,22,25)/t14-,20-/m0/s1. The summed E-state index contributed by atoms with van der Waals surface area (Å²) in [6, 6.07) is 14.4. The number of nitrogens with zero attached hydrogens (tertiary/aromatic N) is 2. The number of benzene rings is 1. The Bertz CT molecular complexity index is 947. The van der Waals surface area contributed by atoms with E-state index in [1.807, 2.05) is 41.1 Å². The molecule has 5 heterocycles. The van der Waals surface area contributed by atoms with Crippen LogP contribution in [0.2, 0.25) is 0 Å². The van der Waals surface area contributed by atoms with Crippen LogP contribution in [0.25, 0.3) is 16.8 Å². The number of nitrogens with one attached hydrogen (secondary N) is 1. The van der Waals surface area contributed by atoms with Gasteiger partial charge in [-0.3, -0.25) is 14.3 Å². The van der Waals surface area contributed by atoms with Crippen LogP contribution in [0.1, 0.15) is 30.3 Å². The third kappa shape index (κ3) is 2.46. The molecular weight excluding hydrogens is 326 g/mol. The molecule has 1 N–H and O–H groups in total.